The lowest BCUT2D eigenvalue weighted by Crippen LogP contribution is -2.49. The highest BCUT2D eigenvalue weighted by molar-refractivity contribution is 5.76. The summed E-state index contributed by atoms with van der Waals surface area (Å²) in [5.41, 5.74) is 2.14. The van der Waals surface area contributed by atoms with Crippen molar-refractivity contribution in [2.24, 2.45) is 0 Å². The quantitative estimate of drug-likeness (QED) is 0.496. The number of ether oxygens (including phenoxy) is 2. The number of aromatic nitrogens is 2. The fraction of sp³-hybridized carbons (Fsp3) is 0.400. The Morgan fingerprint density at radius 2 is 1.55 bits per heavy atom. The van der Waals surface area contributed by atoms with E-state index in [2.05, 4.69) is 27.2 Å². The number of amides is 1. The van der Waals surface area contributed by atoms with Crippen LogP contribution in [0.5, 0.6) is 11.5 Å². The minimum atomic E-state index is 0.133. The van der Waals surface area contributed by atoms with Gasteiger partial charge >= 0.3 is 0 Å². The number of rotatable bonds is 9. The van der Waals surface area contributed by atoms with Crippen LogP contribution in [0.3, 0.4) is 0 Å². The van der Waals surface area contributed by atoms with Gasteiger partial charge in [0.2, 0.25) is 17.6 Å². The van der Waals surface area contributed by atoms with Crippen LogP contribution in [0.2, 0.25) is 0 Å². The topological polar surface area (TPSA) is 80.9 Å². The lowest BCUT2D eigenvalue weighted by atomic mass is 10.1. The summed E-state index contributed by atoms with van der Waals surface area (Å²) >= 11 is 0. The number of piperazine rings is 1. The van der Waals surface area contributed by atoms with E-state index in [4.69, 9.17) is 14.0 Å². The highest BCUT2D eigenvalue weighted by atomic mass is 16.5. The van der Waals surface area contributed by atoms with Gasteiger partial charge in [-0.05, 0) is 48.4 Å². The van der Waals surface area contributed by atoms with Gasteiger partial charge < -0.3 is 18.9 Å². The first-order valence-electron chi connectivity index (χ1n) is 11.2. The van der Waals surface area contributed by atoms with Crippen LogP contribution in [0.25, 0.3) is 11.4 Å². The Morgan fingerprint density at radius 1 is 0.909 bits per heavy atom. The van der Waals surface area contributed by atoms with Gasteiger partial charge in [0.1, 0.15) is 11.5 Å². The maximum absolute atomic E-state index is 12.7. The molecule has 3 aromatic rings. The van der Waals surface area contributed by atoms with Crippen LogP contribution in [-0.2, 0) is 17.6 Å². The molecule has 33 heavy (non-hydrogen) atoms. The molecule has 1 aliphatic rings. The molecule has 8 nitrogen and oxygen atoms in total. The fourth-order valence-corrected chi connectivity index (χ4v) is 3.89. The predicted molar refractivity (Wildman–Crippen MR) is 124 cm³/mol. The molecule has 0 radical (unpaired) electrons. The molecule has 0 aliphatic carbocycles. The standard InChI is InChI=1S/C25H30N4O4/c1-31-21-7-3-19(4-8-21)13-14-28-15-17-29(18-16-28)24(30)12-11-23-26-25(27-33-23)20-5-9-22(32-2)10-6-20/h3-10H,11-18H2,1-2H3. The average Bonchev–Trinajstić information content (AvgIpc) is 3.36. The van der Waals surface area contributed by atoms with Crippen molar-refractivity contribution in [1.29, 1.82) is 0 Å². The molecule has 8 heteroatoms. The van der Waals surface area contributed by atoms with E-state index in [1.807, 2.05) is 41.3 Å². The Kier molecular flexibility index (Phi) is 7.57. The van der Waals surface area contributed by atoms with E-state index in [1.54, 1.807) is 14.2 Å². The summed E-state index contributed by atoms with van der Waals surface area (Å²) < 4.78 is 15.7. The third kappa shape index (κ3) is 6.10. The van der Waals surface area contributed by atoms with Crippen molar-refractivity contribution in [3.63, 3.8) is 0 Å². The molecular formula is C25H30N4O4. The molecule has 1 aromatic heterocycles. The minimum absolute atomic E-state index is 0.133. The molecule has 0 bridgehead atoms. The molecule has 4 rings (SSSR count). The molecular weight excluding hydrogens is 420 g/mol. The lowest BCUT2D eigenvalue weighted by Gasteiger charge is -2.34. The molecule has 0 atom stereocenters. The molecule has 0 N–H and O–H groups in total. The molecule has 1 aliphatic heterocycles. The fourth-order valence-electron chi connectivity index (χ4n) is 3.89. The molecule has 0 saturated carbocycles. The van der Waals surface area contributed by atoms with Gasteiger partial charge in [-0.2, -0.15) is 4.98 Å². The number of carbonyl (C=O) groups excluding carboxylic acids is 1. The zero-order chi connectivity index (χ0) is 23.0. The Labute approximate surface area is 194 Å². The van der Waals surface area contributed by atoms with Crippen LogP contribution >= 0.6 is 0 Å². The molecule has 0 unspecified atom stereocenters. The van der Waals surface area contributed by atoms with Crippen LogP contribution in [0, 0.1) is 0 Å². The number of hydrogen-bond donors (Lipinski definition) is 0. The second kappa shape index (κ2) is 11.0. The second-order valence-electron chi connectivity index (χ2n) is 8.06. The van der Waals surface area contributed by atoms with E-state index in [0.717, 1.165) is 56.2 Å². The number of benzene rings is 2. The molecule has 174 valence electrons. The second-order valence-corrected chi connectivity index (χ2v) is 8.06. The number of carbonyl (C=O) groups is 1. The van der Waals surface area contributed by atoms with Gasteiger partial charge in [-0.25, -0.2) is 0 Å². The summed E-state index contributed by atoms with van der Waals surface area (Å²) in [5, 5.41) is 4.03. The van der Waals surface area contributed by atoms with E-state index in [0.29, 0.717) is 24.6 Å². The monoisotopic (exact) mass is 450 g/mol. The van der Waals surface area contributed by atoms with Gasteiger partial charge in [-0.1, -0.05) is 17.3 Å². The van der Waals surface area contributed by atoms with Crippen molar-refractivity contribution < 1.29 is 18.8 Å². The number of hydrogen-bond acceptors (Lipinski definition) is 7. The van der Waals surface area contributed by atoms with E-state index >= 15 is 0 Å². The van der Waals surface area contributed by atoms with Gasteiger partial charge in [-0.15, -0.1) is 0 Å². The maximum Gasteiger partial charge on any atom is 0.227 e. The molecule has 2 heterocycles. The first-order chi connectivity index (χ1) is 16.1. The summed E-state index contributed by atoms with van der Waals surface area (Å²) in [6.07, 6.45) is 1.81. The Balaban J connectivity index is 1.19. The van der Waals surface area contributed by atoms with Crippen molar-refractivity contribution in [3.05, 3.63) is 60.0 Å². The SMILES string of the molecule is COc1ccc(CCN2CCN(C(=O)CCc3nc(-c4ccc(OC)cc4)no3)CC2)cc1. The summed E-state index contributed by atoms with van der Waals surface area (Å²) in [4.78, 5) is 21.4. The third-order valence-electron chi connectivity index (χ3n) is 5.97. The summed E-state index contributed by atoms with van der Waals surface area (Å²) in [7, 11) is 3.30. The van der Waals surface area contributed by atoms with Crippen LogP contribution in [-0.4, -0.2) is 72.8 Å². The Bertz CT molecular complexity index is 1030. The highest BCUT2D eigenvalue weighted by Gasteiger charge is 2.21. The third-order valence-corrected chi connectivity index (χ3v) is 5.97. The highest BCUT2D eigenvalue weighted by Crippen LogP contribution is 2.20. The van der Waals surface area contributed by atoms with Gasteiger partial charge in [0, 0.05) is 51.1 Å². The molecule has 1 saturated heterocycles. The van der Waals surface area contributed by atoms with E-state index in [-0.39, 0.29) is 5.91 Å². The first kappa shape index (κ1) is 22.8. The largest absolute Gasteiger partial charge is 0.497 e. The lowest BCUT2D eigenvalue weighted by molar-refractivity contribution is -0.133. The van der Waals surface area contributed by atoms with Crippen molar-refractivity contribution in [1.82, 2.24) is 19.9 Å². The van der Waals surface area contributed by atoms with E-state index < -0.39 is 0 Å². The predicted octanol–water partition coefficient (Wildman–Crippen LogP) is 3.07. The molecule has 1 fully saturated rings. The van der Waals surface area contributed by atoms with E-state index in [1.165, 1.54) is 5.56 Å². The van der Waals surface area contributed by atoms with Gasteiger partial charge in [-0.3, -0.25) is 9.69 Å². The molecule has 0 spiro atoms. The molecule has 2 aromatic carbocycles. The Morgan fingerprint density at radius 3 is 2.18 bits per heavy atom. The zero-order valence-electron chi connectivity index (χ0n) is 19.2. The molecule has 1 amide bonds. The zero-order valence-corrected chi connectivity index (χ0v) is 19.2. The minimum Gasteiger partial charge on any atom is -0.497 e. The smallest absolute Gasteiger partial charge is 0.227 e. The number of methoxy groups -OCH3 is 2. The number of aryl methyl sites for hydroxylation is 1. The van der Waals surface area contributed by atoms with E-state index in [9.17, 15) is 4.79 Å². The van der Waals surface area contributed by atoms with Crippen molar-refractivity contribution in [2.45, 2.75) is 19.3 Å². The summed E-state index contributed by atoms with van der Waals surface area (Å²) in [6.45, 7) is 4.28. The van der Waals surface area contributed by atoms with Gasteiger partial charge in [0.05, 0.1) is 14.2 Å². The average molecular weight is 451 g/mol. The Hall–Kier alpha value is -3.39. The van der Waals surface area contributed by atoms with Crippen molar-refractivity contribution in [2.75, 3.05) is 46.9 Å². The first-order valence-corrected chi connectivity index (χ1v) is 11.2. The summed E-state index contributed by atoms with van der Waals surface area (Å²) in [5.74, 6) is 2.78. The normalized spacial score (nSPS) is 14.3. The van der Waals surface area contributed by atoms with Gasteiger partial charge in [0.15, 0.2) is 0 Å². The van der Waals surface area contributed by atoms with Gasteiger partial charge in [0.25, 0.3) is 0 Å². The van der Waals surface area contributed by atoms with Crippen LogP contribution in [0.4, 0.5) is 0 Å². The van der Waals surface area contributed by atoms with Crippen LogP contribution in [0.1, 0.15) is 17.9 Å². The summed E-state index contributed by atoms with van der Waals surface area (Å²) in [6, 6.07) is 15.7. The van der Waals surface area contributed by atoms with Crippen LogP contribution < -0.4 is 9.47 Å². The number of nitrogens with zero attached hydrogens (tertiary/aromatic N) is 4. The van der Waals surface area contributed by atoms with Crippen molar-refractivity contribution in [3.8, 4) is 22.9 Å². The van der Waals surface area contributed by atoms with Crippen molar-refractivity contribution >= 4 is 5.91 Å². The maximum atomic E-state index is 12.7. The van der Waals surface area contributed by atoms with Crippen LogP contribution in [0.15, 0.2) is 53.1 Å².